The van der Waals surface area contributed by atoms with Gasteiger partial charge in [-0.15, -0.1) is 0 Å². The highest BCUT2D eigenvalue weighted by atomic mass is 32.2. The molecule has 0 atom stereocenters. The Kier molecular flexibility index (Phi) is 5.80. The van der Waals surface area contributed by atoms with E-state index in [9.17, 15) is 26.2 Å². The Balaban J connectivity index is 2.17. The van der Waals surface area contributed by atoms with Gasteiger partial charge in [0, 0.05) is 11.1 Å². The van der Waals surface area contributed by atoms with E-state index in [0.717, 1.165) is 5.56 Å². The van der Waals surface area contributed by atoms with Crippen molar-refractivity contribution in [1.29, 1.82) is 0 Å². The smallest absolute Gasteiger partial charge is 0.339 e. The monoisotopic (exact) mass is 446 g/mol. The number of hydrogen-bond donors (Lipinski definition) is 1. The van der Waals surface area contributed by atoms with Crippen molar-refractivity contribution >= 4 is 26.5 Å². The van der Waals surface area contributed by atoms with E-state index in [2.05, 4.69) is 0 Å². The van der Waals surface area contributed by atoms with Gasteiger partial charge in [-0.05, 0) is 61.4 Å². The first kappa shape index (κ1) is 21.7. The molecule has 156 valence electrons. The van der Waals surface area contributed by atoms with Crippen molar-refractivity contribution in [2.24, 2.45) is 0 Å². The highest BCUT2D eigenvalue weighted by Crippen LogP contribution is 2.36. The van der Waals surface area contributed by atoms with E-state index in [-0.39, 0.29) is 26.7 Å². The van der Waals surface area contributed by atoms with Crippen molar-refractivity contribution in [3.63, 3.8) is 0 Å². The van der Waals surface area contributed by atoms with Crippen LogP contribution in [-0.4, -0.2) is 27.7 Å². The Labute approximate surface area is 174 Å². The fourth-order valence-corrected chi connectivity index (χ4v) is 4.27. The molecule has 1 N–H and O–H groups in total. The van der Waals surface area contributed by atoms with Gasteiger partial charge < -0.3 is 4.18 Å². The molecule has 0 saturated carbocycles. The molecule has 0 aliphatic heterocycles. The summed E-state index contributed by atoms with van der Waals surface area (Å²) < 4.78 is 63.3. The summed E-state index contributed by atoms with van der Waals surface area (Å²) in [7, 11) is -8.69. The molecule has 0 aliphatic rings. The molecule has 0 bridgehead atoms. The highest BCUT2D eigenvalue weighted by molar-refractivity contribution is 7.87. The van der Waals surface area contributed by atoms with Crippen molar-refractivity contribution in [2.45, 2.75) is 23.6 Å². The lowest BCUT2D eigenvalue weighted by atomic mass is 9.99. The first-order valence-electron chi connectivity index (χ1n) is 8.70. The van der Waals surface area contributed by atoms with E-state index in [1.165, 1.54) is 48.5 Å². The van der Waals surface area contributed by atoms with Gasteiger partial charge >= 0.3 is 10.1 Å². The van der Waals surface area contributed by atoms with Crippen LogP contribution in [0.15, 0.2) is 70.5 Å². The second kappa shape index (κ2) is 8.02. The standard InChI is InChI=1S/C21H18O7S2/c1-14-3-7-17(8-4-14)30(26,27)28-21-11-16(13-22)6-10-19(21)20-12-18(29(23,24)25)9-5-15(20)2/h3-13H,1-2H3,(H,23,24,25). The average Bonchev–Trinajstić information content (AvgIpc) is 2.67. The molecule has 0 saturated heterocycles. The number of aryl methyl sites for hydroxylation is 2. The maximum Gasteiger partial charge on any atom is 0.339 e. The average molecular weight is 447 g/mol. The molecular formula is C21H18O7S2. The molecule has 0 spiro atoms. The molecular weight excluding hydrogens is 428 g/mol. The summed E-state index contributed by atoms with van der Waals surface area (Å²) in [6.07, 6.45) is 0.538. The minimum atomic E-state index is -4.47. The highest BCUT2D eigenvalue weighted by Gasteiger charge is 2.21. The number of aldehydes is 1. The molecule has 9 heteroatoms. The third-order valence-corrected chi connectivity index (χ3v) is 6.55. The summed E-state index contributed by atoms with van der Waals surface area (Å²) in [4.78, 5) is 10.8. The summed E-state index contributed by atoms with van der Waals surface area (Å²) >= 11 is 0. The lowest BCUT2D eigenvalue weighted by molar-refractivity contribution is 0.112. The third kappa shape index (κ3) is 4.59. The van der Waals surface area contributed by atoms with Gasteiger partial charge in [-0.1, -0.05) is 29.8 Å². The molecule has 0 heterocycles. The lowest BCUT2D eigenvalue weighted by Crippen LogP contribution is -2.11. The summed E-state index contributed by atoms with van der Waals surface area (Å²) in [5.41, 5.74) is 2.24. The zero-order valence-electron chi connectivity index (χ0n) is 16.1. The van der Waals surface area contributed by atoms with E-state index in [0.29, 0.717) is 17.4 Å². The largest absolute Gasteiger partial charge is 0.378 e. The Morgan fingerprint density at radius 2 is 1.43 bits per heavy atom. The Hall–Kier alpha value is -3.01. The molecule has 0 fully saturated rings. The van der Waals surface area contributed by atoms with Gasteiger partial charge in [0.05, 0.1) is 4.90 Å². The molecule has 3 aromatic rings. The second-order valence-corrected chi connectivity index (χ2v) is 9.64. The predicted octanol–water partition coefficient (Wildman–Crippen LogP) is 3.80. The summed E-state index contributed by atoms with van der Waals surface area (Å²) in [5.74, 6) is -0.143. The SMILES string of the molecule is Cc1ccc(S(=O)(=O)Oc2cc(C=O)ccc2-c2cc(S(=O)(=O)O)ccc2C)cc1. The number of benzene rings is 3. The summed E-state index contributed by atoms with van der Waals surface area (Å²) in [6.45, 7) is 3.50. The van der Waals surface area contributed by atoms with Crippen LogP contribution in [0.25, 0.3) is 11.1 Å². The fourth-order valence-electron chi connectivity index (χ4n) is 2.83. The van der Waals surface area contributed by atoms with Gasteiger partial charge in [-0.25, -0.2) is 0 Å². The minimum absolute atomic E-state index is 0.0704. The summed E-state index contributed by atoms with van der Waals surface area (Å²) in [6, 6.07) is 14.1. The third-order valence-electron chi connectivity index (χ3n) is 4.45. The molecule has 0 amide bonds. The Bertz CT molecular complexity index is 1320. The van der Waals surface area contributed by atoms with Crippen LogP contribution in [0.5, 0.6) is 5.75 Å². The van der Waals surface area contributed by atoms with Gasteiger partial charge in [0.1, 0.15) is 11.2 Å². The molecule has 7 nitrogen and oxygen atoms in total. The number of hydrogen-bond acceptors (Lipinski definition) is 6. The van der Waals surface area contributed by atoms with E-state index < -0.39 is 20.2 Å². The van der Waals surface area contributed by atoms with Crippen LogP contribution in [0.4, 0.5) is 0 Å². The van der Waals surface area contributed by atoms with Crippen LogP contribution in [0.2, 0.25) is 0 Å². The normalized spacial score (nSPS) is 11.8. The first-order chi connectivity index (χ1) is 14.0. The summed E-state index contributed by atoms with van der Waals surface area (Å²) in [5, 5.41) is 0. The van der Waals surface area contributed by atoms with E-state index in [4.69, 9.17) is 4.18 Å². The maximum atomic E-state index is 12.8. The van der Waals surface area contributed by atoms with Crippen molar-refractivity contribution in [1.82, 2.24) is 0 Å². The van der Waals surface area contributed by atoms with E-state index in [1.54, 1.807) is 19.1 Å². The van der Waals surface area contributed by atoms with Crippen molar-refractivity contribution in [2.75, 3.05) is 0 Å². The van der Waals surface area contributed by atoms with Crippen molar-refractivity contribution in [3.8, 4) is 16.9 Å². The molecule has 3 rings (SSSR count). The topological polar surface area (TPSA) is 115 Å². The molecule has 30 heavy (non-hydrogen) atoms. The van der Waals surface area contributed by atoms with Crippen LogP contribution >= 0.6 is 0 Å². The Morgan fingerprint density at radius 1 is 0.800 bits per heavy atom. The van der Waals surface area contributed by atoms with Crippen molar-refractivity contribution in [3.05, 3.63) is 77.4 Å². The molecule has 0 radical (unpaired) electrons. The number of rotatable bonds is 6. The minimum Gasteiger partial charge on any atom is -0.378 e. The Morgan fingerprint density at radius 3 is 2.03 bits per heavy atom. The second-order valence-electron chi connectivity index (χ2n) is 6.68. The quantitative estimate of drug-likeness (QED) is 0.348. The molecule has 3 aromatic carbocycles. The van der Waals surface area contributed by atoms with E-state index in [1.807, 2.05) is 6.92 Å². The van der Waals surface area contributed by atoms with Crippen LogP contribution in [-0.2, 0) is 20.2 Å². The van der Waals surface area contributed by atoms with Crippen molar-refractivity contribution < 1.29 is 30.4 Å². The van der Waals surface area contributed by atoms with Crippen LogP contribution in [0.3, 0.4) is 0 Å². The molecule has 0 aromatic heterocycles. The van der Waals surface area contributed by atoms with E-state index >= 15 is 0 Å². The zero-order chi connectivity index (χ0) is 22.1. The van der Waals surface area contributed by atoms with Crippen LogP contribution in [0.1, 0.15) is 21.5 Å². The molecule has 0 unspecified atom stereocenters. The fraction of sp³-hybridized carbons (Fsp3) is 0.0952. The lowest BCUT2D eigenvalue weighted by Gasteiger charge is -2.15. The van der Waals surface area contributed by atoms with Crippen LogP contribution in [0, 0.1) is 13.8 Å². The predicted molar refractivity (Wildman–Crippen MR) is 111 cm³/mol. The van der Waals surface area contributed by atoms with Gasteiger partial charge in [-0.2, -0.15) is 16.8 Å². The number of carbonyl (C=O) groups is 1. The molecule has 0 aliphatic carbocycles. The zero-order valence-corrected chi connectivity index (χ0v) is 17.7. The maximum absolute atomic E-state index is 12.8. The number of carbonyl (C=O) groups excluding carboxylic acids is 1. The van der Waals surface area contributed by atoms with Gasteiger partial charge in [-0.3, -0.25) is 9.35 Å². The first-order valence-corrected chi connectivity index (χ1v) is 11.5. The van der Waals surface area contributed by atoms with Crippen LogP contribution < -0.4 is 4.18 Å². The van der Waals surface area contributed by atoms with Gasteiger partial charge in [0.25, 0.3) is 10.1 Å². The van der Waals surface area contributed by atoms with Gasteiger partial charge in [0.15, 0.2) is 5.75 Å². The van der Waals surface area contributed by atoms with Gasteiger partial charge in [0.2, 0.25) is 0 Å².